The van der Waals surface area contributed by atoms with E-state index in [4.69, 9.17) is 11.6 Å². The summed E-state index contributed by atoms with van der Waals surface area (Å²) < 4.78 is 1.28. The number of rotatable bonds is 5. The largest absolute Gasteiger partial charge is 0.352 e. The molecule has 1 aromatic heterocycles. The lowest BCUT2D eigenvalue weighted by molar-refractivity contribution is 0.0952. The van der Waals surface area contributed by atoms with Crippen LogP contribution in [0.1, 0.15) is 43.1 Å². The zero-order chi connectivity index (χ0) is 20.3. The van der Waals surface area contributed by atoms with Crippen LogP contribution in [0.2, 0.25) is 5.02 Å². The van der Waals surface area contributed by atoms with E-state index in [9.17, 15) is 9.59 Å². The molecule has 0 aliphatic carbocycles. The van der Waals surface area contributed by atoms with Crippen molar-refractivity contribution in [3.8, 4) is 0 Å². The Kier molecular flexibility index (Phi) is 5.79. The SMILES string of the molecule is CC(C)(C)c1ccc(C(=O)NCCCn2nnc3cccc(Cl)c3c2=O)cc1. The minimum Gasteiger partial charge on any atom is -0.352 e. The molecule has 3 aromatic rings. The number of fused-ring (bicyclic) bond motifs is 1. The second kappa shape index (κ2) is 8.10. The number of benzene rings is 2. The highest BCUT2D eigenvalue weighted by molar-refractivity contribution is 6.35. The van der Waals surface area contributed by atoms with Crippen LogP contribution in [0.25, 0.3) is 10.9 Å². The van der Waals surface area contributed by atoms with Gasteiger partial charge in [0.1, 0.15) is 5.52 Å². The van der Waals surface area contributed by atoms with Gasteiger partial charge in [-0.15, -0.1) is 5.10 Å². The molecule has 0 saturated heterocycles. The molecule has 3 rings (SSSR count). The molecule has 6 nitrogen and oxygen atoms in total. The Morgan fingerprint density at radius 2 is 1.86 bits per heavy atom. The van der Waals surface area contributed by atoms with Gasteiger partial charge in [-0.3, -0.25) is 9.59 Å². The number of aryl methyl sites for hydroxylation is 1. The zero-order valence-electron chi connectivity index (χ0n) is 16.2. The summed E-state index contributed by atoms with van der Waals surface area (Å²) in [5.74, 6) is -0.138. The standard InChI is InChI=1S/C21H23ClN4O2/c1-21(2,3)15-10-8-14(9-11-15)19(27)23-12-5-13-26-20(28)18-16(22)6-4-7-17(18)24-25-26/h4,6-11H,5,12-13H2,1-3H3,(H,23,27). The molecular formula is C21H23ClN4O2. The first kappa shape index (κ1) is 20.0. The Bertz CT molecular complexity index is 1050. The Labute approximate surface area is 168 Å². The van der Waals surface area contributed by atoms with Crippen molar-refractivity contribution in [1.82, 2.24) is 20.3 Å². The molecule has 0 bridgehead atoms. The Balaban J connectivity index is 1.58. The van der Waals surface area contributed by atoms with Gasteiger partial charge in [0.15, 0.2) is 0 Å². The first-order chi connectivity index (χ1) is 13.3. The number of aromatic nitrogens is 3. The summed E-state index contributed by atoms with van der Waals surface area (Å²) in [6.45, 7) is 7.16. The van der Waals surface area contributed by atoms with Gasteiger partial charge < -0.3 is 5.32 Å². The number of amides is 1. The molecule has 0 aliphatic rings. The highest BCUT2D eigenvalue weighted by Crippen LogP contribution is 2.22. The van der Waals surface area contributed by atoms with Crippen LogP contribution >= 0.6 is 11.6 Å². The van der Waals surface area contributed by atoms with Gasteiger partial charge in [-0.1, -0.05) is 55.8 Å². The molecule has 0 unspecified atom stereocenters. The Hall–Kier alpha value is -2.73. The number of carbonyl (C=O) groups excluding carboxylic acids is 1. The maximum atomic E-state index is 12.5. The molecule has 1 amide bonds. The first-order valence-electron chi connectivity index (χ1n) is 9.18. The molecule has 0 spiro atoms. The summed E-state index contributed by atoms with van der Waals surface area (Å²) in [7, 11) is 0. The fourth-order valence-electron chi connectivity index (χ4n) is 2.88. The van der Waals surface area contributed by atoms with Crippen LogP contribution in [0.5, 0.6) is 0 Å². The molecule has 146 valence electrons. The minimum absolute atomic E-state index is 0.0477. The summed E-state index contributed by atoms with van der Waals surface area (Å²) in [6.07, 6.45) is 0.552. The molecule has 1 heterocycles. The Morgan fingerprint density at radius 1 is 1.14 bits per heavy atom. The minimum atomic E-state index is -0.278. The van der Waals surface area contributed by atoms with Gasteiger partial charge in [0.25, 0.3) is 11.5 Å². The lowest BCUT2D eigenvalue weighted by Crippen LogP contribution is -2.29. The van der Waals surface area contributed by atoms with Gasteiger partial charge >= 0.3 is 0 Å². The van der Waals surface area contributed by atoms with Crippen LogP contribution in [0.15, 0.2) is 47.3 Å². The zero-order valence-corrected chi connectivity index (χ0v) is 17.0. The molecule has 0 atom stereocenters. The molecular weight excluding hydrogens is 376 g/mol. The van der Waals surface area contributed by atoms with Crippen LogP contribution in [0.3, 0.4) is 0 Å². The van der Waals surface area contributed by atoms with Gasteiger partial charge in [0.2, 0.25) is 0 Å². The average molecular weight is 399 g/mol. The van der Waals surface area contributed by atoms with Gasteiger partial charge in [0, 0.05) is 18.7 Å². The van der Waals surface area contributed by atoms with Crippen LogP contribution in [0.4, 0.5) is 0 Å². The van der Waals surface area contributed by atoms with Crippen molar-refractivity contribution < 1.29 is 4.79 Å². The van der Waals surface area contributed by atoms with Gasteiger partial charge in [0.05, 0.1) is 10.4 Å². The van der Waals surface area contributed by atoms with Crippen LogP contribution in [-0.2, 0) is 12.0 Å². The molecule has 28 heavy (non-hydrogen) atoms. The van der Waals surface area contributed by atoms with E-state index >= 15 is 0 Å². The van der Waals surface area contributed by atoms with E-state index in [2.05, 4.69) is 36.4 Å². The summed E-state index contributed by atoms with van der Waals surface area (Å²) in [4.78, 5) is 24.8. The van der Waals surface area contributed by atoms with Crippen LogP contribution < -0.4 is 10.9 Å². The number of nitrogens with one attached hydrogen (secondary N) is 1. The number of halogens is 1. The van der Waals surface area contributed by atoms with Crippen molar-refractivity contribution in [2.45, 2.75) is 39.2 Å². The summed E-state index contributed by atoms with van der Waals surface area (Å²) in [5.41, 5.74) is 2.03. The van der Waals surface area contributed by atoms with E-state index in [1.54, 1.807) is 18.2 Å². The molecule has 0 fully saturated rings. The maximum Gasteiger partial charge on any atom is 0.279 e. The smallest absolute Gasteiger partial charge is 0.279 e. The lowest BCUT2D eigenvalue weighted by Gasteiger charge is -2.19. The highest BCUT2D eigenvalue weighted by atomic mass is 35.5. The predicted octanol–water partition coefficient (Wildman–Crippen LogP) is 3.56. The van der Waals surface area contributed by atoms with Crippen LogP contribution in [-0.4, -0.2) is 27.4 Å². The van der Waals surface area contributed by atoms with E-state index in [0.29, 0.717) is 41.0 Å². The van der Waals surface area contributed by atoms with Crippen molar-refractivity contribution >= 4 is 28.4 Å². The summed E-state index contributed by atoms with van der Waals surface area (Å²) >= 11 is 6.11. The number of hydrogen-bond donors (Lipinski definition) is 1. The van der Waals surface area contributed by atoms with E-state index < -0.39 is 0 Å². The fourth-order valence-corrected chi connectivity index (χ4v) is 3.13. The summed E-state index contributed by atoms with van der Waals surface area (Å²) in [6, 6.07) is 12.7. The Morgan fingerprint density at radius 3 is 2.54 bits per heavy atom. The van der Waals surface area contributed by atoms with E-state index in [1.165, 1.54) is 10.2 Å². The van der Waals surface area contributed by atoms with Gasteiger partial charge in [-0.05, 0) is 41.7 Å². The third-order valence-corrected chi connectivity index (χ3v) is 4.86. The number of carbonyl (C=O) groups is 1. The molecule has 0 aliphatic heterocycles. The monoisotopic (exact) mass is 398 g/mol. The number of nitrogens with zero attached hydrogens (tertiary/aromatic N) is 3. The van der Waals surface area contributed by atoms with Crippen molar-refractivity contribution in [2.24, 2.45) is 0 Å². The van der Waals surface area contributed by atoms with Gasteiger partial charge in [-0.25, -0.2) is 4.68 Å². The van der Waals surface area contributed by atoms with Crippen molar-refractivity contribution in [3.05, 3.63) is 69.0 Å². The highest BCUT2D eigenvalue weighted by Gasteiger charge is 2.14. The second-order valence-electron chi connectivity index (χ2n) is 7.69. The normalized spacial score (nSPS) is 11.6. The van der Waals surface area contributed by atoms with Crippen molar-refractivity contribution in [1.29, 1.82) is 0 Å². The number of hydrogen-bond acceptors (Lipinski definition) is 4. The third kappa shape index (κ3) is 4.39. The first-order valence-corrected chi connectivity index (χ1v) is 9.56. The maximum absolute atomic E-state index is 12.5. The van der Waals surface area contributed by atoms with E-state index in [1.807, 2.05) is 24.3 Å². The third-order valence-electron chi connectivity index (χ3n) is 4.55. The molecule has 0 radical (unpaired) electrons. The molecule has 7 heteroatoms. The molecule has 1 N–H and O–H groups in total. The van der Waals surface area contributed by atoms with Crippen molar-refractivity contribution in [2.75, 3.05) is 6.54 Å². The van der Waals surface area contributed by atoms with Crippen LogP contribution in [0, 0.1) is 0 Å². The average Bonchev–Trinajstić information content (AvgIpc) is 2.66. The second-order valence-corrected chi connectivity index (χ2v) is 8.10. The quantitative estimate of drug-likeness (QED) is 0.666. The van der Waals surface area contributed by atoms with Gasteiger partial charge in [-0.2, -0.15) is 0 Å². The fraction of sp³-hybridized carbons (Fsp3) is 0.333. The topological polar surface area (TPSA) is 76.9 Å². The van der Waals surface area contributed by atoms with E-state index in [-0.39, 0.29) is 16.9 Å². The van der Waals surface area contributed by atoms with Crippen molar-refractivity contribution in [3.63, 3.8) is 0 Å². The predicted molar refractivity (Wildman–Crippen MR) is 111 cm³/mol. The van der Waals surface area contributed by atoms with E-state index in [0.717, 1.165) is 0 Å². The summed E-state index contributed by atoms with van der Waals surface area (Å²) in [5, 5.41) is 11.6. The lowest BCUT2D eigenvalue weighted by atomic mass is 9.87. The molecule has 2 aromatic carbocycles. The molecule has 0 saturated carbocycles.